The molecular formula is C17H28N4O. The van der Waals surface area contributed by atoms with Crippen molar-refractivity contribution in [2.75, 3.05) is 0 Å². The fourth-order valence-corrected chi connectivity index (χ4v) is 3.92. The van der Waals surface area contributed by atoms with Crippen LogP contribution in [0.4, 0.5) is 0 Å². The Bertz CT molecular complexity index is 545. The number of carbonyl (C=O) groups excluding carboxylic acids is 1. The van der Waals surface area contributed by atoms with Gasteiger partial charge in [0.05, 0.1) is 23.0 Å². The Morgan fingerprint density at radius 1 is 1.36 bits per heavy atom. The second kappa shape index (κ2) is 5.69. The number of hydrogen-bond acceptors (Lipinski definition) is 3. The second-order valence-corrected chi connectivity index (χ2v) is 7.72. The zero-order valence-corrected chi connectivity index (χ0v) is 14.1. The van der Waals surface area contributed by atoms with Crippen LogP contribution in [-0.2, 0) is 12.0 Å². The molecule has 0 radical (unpaired) electrons. The van der Waals surface area contributed by atoms with E-state index in [1.807, 2.05) is 4.68 Å². The summed E-state index contributed by atoms with van der Waals surface area (Å²) in [5.41, 5.74) is 1.67. The molecule has 2 bridgehead atoms. The maximum absolute atomic E-state index is 12.7. The summed E-state index contributed by atoms with van der Waals surface area (Å²) in [5.74, 6) is 0.0404. The van der Waals surface area contributed by atoms with Crippen molar-refractivity contribution >= 4 is 5.91 Å². The maximum atomic E-state index is 12.7. The topological polar surface area (TPSA) is 59.0 Å². The van der Waals surface area contributed by atoms with E-state index < -0.39 is 0 Å². The summed E-state index contributed by atoms with van der Waals surface area (Å²) in [6.07, 6.45) is 7.15. The molecule has 1 amide bonds. The van der Waals surface area contributed by atoms with Crippen LogP contribution in [0.15, 0.2) is 6.20 Å². The van der Waals surface area contributed by atoms with Gasteiger partial charge in [-0.15, -0.1) is 0 Å². The molecule has 3 heterocycles. The molecule has 122 valence electrons. The lowest BCUT2D eigenvalue weighted by Crippen LogP contribution is -2.48. The smallest absolute Gasteiger partial charge is 0.254 e. The normalized spacial score (nSPS) is 27.9. The number of nitrogens with one attached hydrogen (secondary N) is 2. The van der Waals surface area contributed by atoms with Crippen LogP contribution in [-0.4, -0.2) is 33.8 Å². The summed E-state index contributed by atoms with van der Waals surface area (Å²) in [5, 5.41) is 11.3. The third kappa shape index (κ3) is 2.91. The van der Waals surface area contributed by atoms with Gasteiger partial charge in [0.1, 0.15) is 0 Å². The quantitative estimate of drug-likeness (QED) is 0.900. The Morgan fingerprint density at radius 3 is 2.55 bits per heavy atom. The van der Waals surface area contributed by atoms with Crippen molar-refractivity contribution in [3.63, 3.8) is 0 Å². The summed E-state index contributed by atoms with van der Waals surface area (Å²) in [4.78, 5) is 12.7. The minimum Gasteiger partial charge on any atom is -0.349 e. The van der Waals surface area contributed by atoms with E-state index in [4.69, 9.17) is 0 Å². The van der Waals surface area contributed by atoms with Crippen LogP contribution in [0.2, 0.25) is 0 Å². The molecule has 0 aliphatic carbocycles. The molecule has 1 aromatic rings. The summed E-state index contributed by atoms with van der Waals surface area (Å²) < 4.78 is 1.98. The number of nitrogens with zero attached hydrogens (tertiary/aromatic N) is 2. The van der Waals surface area contributed by atoms with E-state index in [1.54, 1.807) is 6.20 Å². The van der Waals surface area contributed by atoms with E-state index in [2.05, 4.69) is 43.4 Å². The van der Waals surface area contributed by atoms with Crippen LogP contribution in [0.1, 0.15) is 69.4 Å². The minimum absolute atomic E-state index is 0.0404. The van der Waals surface area contributed by atoms with E-state index in [9.17, 15) is 4.79 Å². The molecule has 1 aromatic heterocycles. The first-order valence-corrected chi connectivity index (χ1v) is 8.52. The van der Waals surface area contributed by atoms with Gasteiger partial charge in [0.2, 0.25) is 0 Å². The van der Waals surface area contributed by atoms with Gasteiger partial charge in [0.25, 0.3) is 5.91 Å². The van der Waals surface area contributed by atoms with Crippen molar-refractivity contribution in [3.05, 3.63) is 17.5 Å². The standard InChI is InChI=1S/C17H28N4O/c1-5-15-14(10-18-21(15)17(2,3)4)16(22)20-13-8-11-6-7-12(9-13)19-11/h10-13,19H,5-9H2,1-4H3,(H,20,22). The first kappa shape index (κ1) is 15.5. The summed E-state index contributed by atoms with van der Waals surface area (Å²) >= 11 is 0. The van der Waals surface area contributed by atoms with E-state index in [-0.39, 0.29) is 11.4 Å². The maximum Gasteiger partial charge on any atom is 0.254 e. The fraction of sp³-hybridized carbons (Fsp3) is 0.765. The van der Waals surface area contributed by atoms with E-state index in [1.165, 1.54) is 12.8 Å². The van der Waals surface area contributed by atoms with Gasteiger partial charge in [0.15, 0.2) is 0 Å². The van der Waals surface area contributed by atoms with Gasteiger partial charge in [0, 0.05) is 18.1 Å². The number of aromatic nitrogens is 2. The Balaban J connectivity index is 1.74. The number of hydrogen-bond donors (Lipinski definition) is 2. The van der Waals surface area contributed by atoms with Crippen molar-refractivity contribution in [1.82, 2.24) is 20.4 Å². The van der Waals surface area contributed by atoms with Crippen molar-refractivity contribution in [2.24, 2.45) is 0 Å². The summed E-state index contributed by atoms with van der Waals surface area (Å²) in [7, 11) is 0. The molecule has 2 aliphatic rings. The van der Waals surface area contributed by atoms with E-state index >= 15 is 0 Å². The zero-order valence-electron chi connectivity index (χ0n) is 14.1. The summed E-state index contributed by atoms with van der Waals surface area (Å²) in [6, 6.07) is 1.48. The molecule has 2 aliphatic heterocycles. The van der Waals surface area contributed by atoms with Gasteiger partial charge in [-0.05, 0) is 52.9 Å². The number of carbonyl (C=O) groups is 1. The summed E-state index contributed by atoms with van der Waals surface area (Å²) in [6.45, 7) is 8.43. The first-order valence-electron chi connectivity index (χ1n) is 8.52. The predicted molar refractivity (Wildman–Crippen MR) is 87.0 cm³/mol. The van der Waals surface area contributed by atoms with Gasteiger partial charge in [-0.1, -0.05) is 6.92 Å². The molecule has 2 saturated heterocycles. The van der Waals surface area contributed by atoms with Crippen molar-refractivity contribution < 1.29 is 4.79 Å². The van der Waals surface area contributed by atoms with Crippen LogP contribution in [0.25, 0.3) is 0 Å². The molecule has 0 spiro atoms. The molecule has 2 N–H and O–H groups in total. The van der Waals surface area contributed by atoms with Crippen molar-refractivity contribution in [1.29, 1.82) is 0 Å². The number of piperidine rings is 1. The number of fused-ring (bicyclic) bond motifs is 2. The highest BCUT2D eigenvalue weighted by molar-refractivity contribution is 5.95. The monoisotopic (exact) mass is 304 g/mol. The molecule has 5 nitrogen and oxygen atoms in total. The highest BCUT2D eigenvalue weighted by Crippen LogP contribution is 2.27. The van der Waals surface area contributed by atoms with Crippen LogP contribution in [0, 0.1) is 0 Å². The third-order valence-electron chi connectivity index (χ3n) is 4.89. The molecule has 2 fully saturated rings. The minimum atomic E-state index is -0.0995. The largest absolute Gasteiger partial charge is 0.349 e. The van der Waals surface area contributed by atoms with Crippen LogP contribution >= 0.6 is 0 Å². The van der Waals surface area contributed by atoms with Gasteiger partial charge in [-0.25, -0.2) is 0 Å². The zero-order chi connectivity index (χ0) is 15.9. The van der Waals surface area contributed by atoms with Gasteiger partial charge >= 0.3 is 0 Å². The van der Waals surface area contributed by atoms with Crippen molar-refractivity contribution in [2.45, 2.75) is 83.5 Å². The molecule has 22 heavy (non-hydrogen) atoms. The highest BCUT2D eigenvalue weighted by atomic mass is 16.1. The molecule has 3 rings (SSSR count). The van der Waals surface area contributed by atoms with Crippen LogP contribution in [0.5, 0.6) is 0 Å². The predicted octanol–water partition coefficient (Wildman–Crippen LogP) is 2.21. The Labute approximate surface area is 132 Å². The molecular weight excluding hydrogens is 276 g/mol. The number of rotatable bonds is 3. The lowest BCUT2D eigenvalue weighted by molar-refractivity contribution is 0.0922. The fourth-order valence-electron chi connectivity index (χ4n) is 3.92. The molecule has 5 heteroatoms. The van der Waals surface area contributed by atoms with Gasteiger partial charge in [-0.2, -0.15) is 5.10 Å². The Kier molecular flexibility index (Phi) is 4.02. The van der Waals surface area contributed by atoms with Crippen LogP contribution in [0.3, 0.4) is 0 Å². The number of amides is 1. The Hall–Kier alpha value is -1.36. The van der Waals surface area contributed by atoms with Crippen LogP contribution < -0.4 is 10.6 Å². The molecule has 2 unspecified atom stereocenters. The highest BCUT2D eigenvalue weighted by Gasteiger charge is 2.34. The molecule has 2 atom stereocenters. The Morgan fingerprint density at radius 2 is 2.00 bits per heavy atom. The average molecular weight is 304 g/mol. The first-order chi connectivity index (χ1) is 10.4. The molecule has 0 saturated carbocycles. The SMILES string of the molecule is CCc1c(C(=O)NC2CC3CCC(C2)N3)cnn1C(C)(C)C. The lowest BCUT2D eigenvalue weighted by Gasteiger charge is -2.29. The van der Waals surface area contributed by atoms with E-state index in [0.717, 1.165) is 30.5 Å². The molecule has 0 aromatic carbocycles. The van der Waals surface area contributed by atoms with E-state index in [0.29, 0.717) is 18.1 Å². The van der Waals surface area contributed by atoms with Gasteiger partial charge < -0.3 is 10.6 Å². The van der Waals surface area contributed by atoms with Crippen molar-refractivity contribution in [3.8, 4) is 0 Å². The lowest BCUT2D eigenvalue weighted by atomic mass is 9.99. The second-order valence-electron chi connectivity index (χ2n) is 7.72. The average Bonchev–Trinajstić information content (AvgIpc) is 3.01. The van der Waals surface area contributed by atoms with Gasteiger partial charge in [-0.3, -0.25) is 9.48 Å². The third-order valence-corrected chi connectivity index (χ3v) is 4.89.